The van der Waals surface area contributed by atoms with Gasteiger partial charge in [0.05, 0.1) is 27.4 Å². The zero-order chi connectivity index (χ0) is 25.1. The van der Waals surface area contributed by atoms with Crippen molar-refractivity contribution in [3.8, 4) is 5.75 Å². The average molecular weight is 552 g/mol. The molecule has 0 bridgehead atoms. The van der Waals surface area contributed by atoms with Crippen molar-refractivity contribution in [2.24, 2.45) is 10.2 Å². The molecule has 36 heavy (non-hydrogen) atoms. The molecule has 0 saturated heterocycles. The number of phenols is 1. The summed E-state index contributed by atoms with van der Waals surface area (Å²) in [4.78, 5) is 10.1. The van der Waals surface area contributed by atoms with Gasteiger partial charge in [-0.2, -0.15) is 10.2 Å². The largest absolute Gasteiger partial charge is 1.00 e. The zero-order valence-corrected chi connectivity index (χ0v) is 25.5. The van der Waals surface area contributed by atoms with E-state index in [1.54, 1.807) is 43.3 Å². The van der Waals surface area contributed by atoms with Gasteiger partial charge in [0, 0.05) is 11.8 Å². The van der Waals surface area contributed by atoms with Crippen LogP contribution in [0.4, 0.5) is 28.4 Å². The molecule has 3 aromatic carbocycles. The van der Waals surface area contributed by atoms with E-state index < -0.39 is 35.6 Å². The number of azo groups is 1. The van der Waals surface area contributed by atoms with Crippen molar-refractivity contribution in [3.05, 3.63) is 76.3 Å². The molecule has 12 nitrogen and oxygen atoms in total. The minimum atomic E-state index is -4.51. The molecule has 0 spiro atoms. The first-order valence-electron chi connectivity index (χ1n) is 9.44. The molecule has 178 valence electrons. The summed E-state index contributed by atoms with van der Waals surface area (Å²) in [5.41, 5.74) is 1.59. The van der Waals surface area contributed by atoms with Gasteiger partial charge in [-0.1, -0.05) is 0 Å². The van der Waals surface area contributed by atoms with Crippen LogP contribution < -0.4 is 68.6 Å². The Morgan fingerprint density at radius 3 is 2.03 bits per heavy atom. The number of hydrogen-bond acceptors (Lipinski definition) is 10. The van der Waals surface area contributed by atoms with Gasteiger partial charge in [-0.15, -0.1) is 4.13 Å². The van der Waals surface area contributed by atoms with E-state index in [-0.39, 0.29) is 70.6 Å². The van der Waals surface area contributed by atoms with Crippen molar-refractivity contribution in [3.63, 3.8) is 0 Å². The van der Waals surface area contributed by atoms with Crippen molar-refractivity contribution in [2.45, 2.75) is 11.8 Å². The van der Waals surface area contributed by atoms with Crippen molar-refractivity contribution in [1.29, 1.82) is 0 Å². The number of anilines is 2. The van der Waals surface area contributed by atoms with Gasteiger partial charge in [0.25, 0.3) is 15.7 Å². The summed E-state index contributed by atoms with van der Waals surface area (Å²) in [6.07, 6.45) is 0.657. The predicted octanol–water partition coefficient (Wildman–Crippen LogP) is -1.99. The minimum absolute atomic E-state index is 0. The first-order valence-corrected chi connectivity index (χ1v) is 12.8. The summed E-state index contributed by atoms with van der Waals surface area (Å²) >= 11 is 0. The topological polar surface area (TPSA) is 180 Å². The fourth-order valence-corrected chi connectivity index (χ4v) is 5.26. The molecule has 3 N–H and O–H groups in total. The molecule has 0 atom stereocenters. The van der Waals surface area contributed by atoms with Gasteiger partial charge in [0.1, 0.15) is 11.4 Å². The van der Waals surface area contributed by atoms with Crippen LogP contribution in [0.25, 0.3) is 0 Å². The van der Waals surface area contributed by atoms with E-state index >= 15 is 0 Å². The number of aryl methyl sites for hydroxylation is 1. The van der Waals surface area contributed by atoms with Gasteiger partial charge in [-0.05, 0) is 67.1 Å². The molecule has 0 aromatic heterocycles. The molecule has 16 heteroatoms. The average Bonchev–Trinajstić information content (AvgIpc) is 2.74. The molecule has 0 saturated carbocycles. The fourth-order valence-electron chi connectivity index (χ4n) is 2.77. The van der Waals surface area contributed by atoms with E-state index in [4.69, 9.17) is 0 Å². The van der Waals surface area contributed by atoms with E-state index in [0.717, 1.165) is 18.2 Å². The van der Waals surface area contributed by atoms with Gasteiger partial charge in [-0.25, -0.2) is 16.8 Å². The molecule has 0 heterocycles. The Labute approximate surface area is 252 Å². The van der Waals surface area contributed by atoms with Crippen molar-refractivity contribution in [1.82, 2.24) is 4.13 Å². The fraction of sp³-hybridized carbons (Fsp3) is 0.100. The Morgan fingerprint density at radius 2 is 1.47 bits per heavy atom. The summed E-state index contributed by atoms with van der Waals surface area (Å²) in [6, 6.07) is 14.2. The molecular formula is C20H19N5Na2O7S2+2. The molecule has 0 aliphatic rings. The Hall–Kier alpha value is -1.88. The monoisotopic (exact) mass is 551 g/mol. The summed E-state index contributed by atoms with van der Waals surface area (Å²) in [5, 5.41) is 32.0. The molecule has 0 unspecified atom stereocenters. The maximum absolute atomic E-state index is 12.2. The molecular weight excluding hydrogens is 532 g/mol. The smallest absolute Gasteiger partial charge is 0.508 e. The van der Waals surface area contributed by atoms with Crippen LogP contribution in [0.15, 0.2) is 75.8 Å². The van der Waals surface area contributed by atoms with E-state index in [1.165, 1.54) is 10.2 Å². The number of phenolic OH excluding ortho intramolecular Hbond substituents is 1. The van der Waals surface area contributed by atoms with E-state index in [1.807, 2.05) is 0 Å². The molecule has 0 fully saturated rings. The standard InChI is InChI=1S/C20H19N5O7S2.2Na/c1-13-11-16(7-10-20(13)26)23-22-15-5-3-14(4-6-15)21-18-9-8-17(12-19(18)25(27)28)34(31,32)24-33(2,29)30;;/h3-12,21,24,26H,1-2H3;;/q;2*+1. The molecule has 0 amide bonds. The Bertz CT molecular complexity index is 1500. The summed E-state index contributed by atoms with van der Waals surface area (Å²) in [5.74, 6) is 0.153. The number of aromatic hydroxyl groups is 1. The Kier molecular flexibility index (Phi) is 11.7. The van der Waals surface area contributed by atoms with Crippen LogP contribution >= 0.6 is 0 Å². The first kappa shape index (κ1) is 32.1. The predicted molar refractivity (Wildman–Crippen MR) is 125 cm³/mol. The van der Waals surface area contributed by atoms with E-state index in [2.05, 4.69) is 15.5 Å². The number of sulfonamides is 2. The minimum Gasteiger partial charge on any atom is -0.508 e. The third-order valence-corrected chi connectivity index (χ3v) is 7.31. The van der Waals surface area contributed by atoms with Crippen LogP contribution in [0.2, 0.25) is 0 Å². The van der Waals surface area contributed by atoms with Crippen LogP contribution in [-0.2, 0) is 20.0 Å². The number of rotatable bonds is 8. The molecule has 0 aliphatic heterocycles. The summed E-state index contributed by atoms with van der Waals surface area (Å²) < 4.78 is 48.3. The van der Waals surface area contributed by atoms with E-state index in [9.17, 15) is 32.1 Å². The van der Waals surface area contributed by atoms with Crippen molar-refractivity contribution >= 4 is 48.5 Å². The number of nitro benzene ring substituents is 1. The maximum Gasteiger partial charge on any atom is 1.00 e. The zero-order valence-electron chi connectivity index (χ0n) is 19.8. The second kappa shape index (κ2) is 13.1. The number of benzene rings is 3. The number of nitrogens with one attached hydrogen (secondary N) is 2. The van der Waals surface area contributed by atoms with E-state index in [0.29, 0.717) is 28.9 Å². The SMILES string of the molecule is Cc1cc(N=Nc2ccc(Nc3ccc(S(=O)(=O)NS(C)(=O)=O)cc3[N+](=O)[O-])cc2)ccc1O.[Na+].[Na+]. The van der Waals surface area contributed by atoms with Crippen LogP contribution in [0.3, 0.4) is 0 Å². The van der Waals surface area contributed by atoms with Crippen LogP contribution in [-0.4, -0.2) is 33.1 Å². The second-order valence-corrected chi connectivity index (χ2v) is 10.8. The molecule has 3 rings (SSSR count). The number of nitro groups is 1. The normalized spacial score (nSPS) is 11.4. The van der Waals surface area contributed by atoms with Gasteiger partial charge in [0.2, 0.25) is 10.0 Å². The third-order valence-electron chi connectivity index (χ3n) is 4.34. The van der Waals surface area contributed by atoms with Gasteiger partial charge < -0.3 is 10.4 Å². The molecule has 0 aliphatic carbocycles. The van der Waals surface area contributed by atoms with Gasteiger partial charge >= 0.3 is 59.1 Å². The van der Waals surface area contributed by atoms with Crippen LogP contribution in [0, 0.1) is 17.0 Å². The number of nitrogens with zero attached hydrogens (tertiary/aromatic N) is 3. The maximum atomic E-state index is 12.2. The second-order valence-electron chi connectivity index (χ2n) is 7.14. The Morgan fingerprint density at radius 1 is 0.889 bits per heavy atom. The van der Waals surface area contributed by atoms with Crippen molar-refractivity contribution in [2.75, 3.05) is 11.6 Å². The first-order chi connectivity index (χ1) is 15.8. The van der Waals surface area contributed by atoms with Gasteiger partial charge in [-0.3, -0.25) is 10.1 Å². The number of hydrogen-bond donors (Lipinski definition) is 3. The van der Waals surface area contributed by atoms with Crippen LogP contribution in [0.1, 0.15) is 5.56 Å². The third kappa shape index (κ3) is 8.90. The van der Waals surface area contributed by atoms with Gasteiger partial charge in [0.15, 0.2) is 0 Å². The van der Waals surface area contributed by atoms with Crippen molar-refractivity contribution < 1.29 is 86.0 Å². The molecule has 0 radical (unpaired) electrons. The summed E-state index contributed by atoms with van der Waals surface area (Å²) in [6.45, 7) is 1.73. The Balaban J connectivity index is 0.00000324. The molecule has 3 aromatic rings. The quantitative estimate of drug-likeness (QED) is 0.125. The summed E-state index contributed by atoms with van der Waals surface area (Å²) in [7, 11) is -8.61. The van der Waals surface area contributed by atoms with Crippen LogP contribution in [0.5, 0.6) is 5.75 Å².